The monoisotopic (exact) mass is 356 g/mol. The van der Waals surface area contributed by atoms with Crippen LogP contribution in [0.2, 0.25) is 0 Å². The van der Waals surface area contributed by atoms with Crippen LogP contribution in [0, 0.1) is 0 Å². The molecule has 0 saturated heterocycles. The molecule has 0 aromatic carbocycles. The first-order chi connectivity index (χ1) is 12.7. The zero-order valence-electron chi connectivity index (χ0n) is 13.8. The van der Waals surface area contributed by atoms with E-state index in [0.29, 0.717) is 23.0 Å². The van der Waals surface area contributed by atoms with Crippen molar-refractivity contribution in [2.75, 3.05) is 13.2 Å². The Kier molecular flexibility index (Phi) is 5.71. The fraction of sp³-hybridized carbons (Fsp3) is 0.235. The molecule has 3 rings (SSSR count). The smallest absolute Gasteiger partial charge is 0.306 e. The molecule has 0 saturated carbocycles. The quantitative estimate of drug-likeness (QED) is 0.477. The summed E-state index contributed by atoms with van der Waals surface area (Å²) in [6.07, 6.45) is 4.93. The molecule has 9 heteroatoms. The van der Waals surface area contributed by atoms with E-state index in [4.69, 9.17) is 13.7 Å². The molecule has 0 fully saturated rings. The third kappa shape index (κ3) is 4.76. The predicted molar refractivity (Wildman–Crippen MR) is 87.9 cm³/mol. The van der Waals surface area contributed by atoms with Crippen molar-refractivity contribution in [3.63, 3.8) is 0 Å². The second kappa shape index (κ2) is 8.56. The number of esters is 1. The Balaban J connectivity index is 1.34. The van der Waals surface area contributed by atoms with Gasteiger partial charge in [-0.15, -0.1) is 0 Å². The van der Waals surface area contributed by atoms with Crippen LogP contribution in [0.1, 0.15) is 22.7 Å². The van der Waals surface area contributed by atoms with E-state index in [0.717, 1.165) is 0 Å². The summed E-state index contributed by atoms with van der Waals surface area (Å²) < 4.78 is 15.3. The topological polar surface area (TPSA) is 120 Å². The number of carbonyl (C=O) groups is 2. The van der Waals surface area contributed by atoms with E-state index in [1.54, 1.807) is 24.3 Å². The number of pyridine rings is 1. The first-order valence-electron chi connectivity index (χ1n) is 7.92. The Hall–Kier alpha value is -3.49. The maximum atomic E-state index is 11.8. The molecule has 0 spiro atoms. The molecule has 1 N–H and O–H groups in total. The first kappa shape index (κ1) is 17.3. The highest BCUT2D eigenvalue weighted by Crippen LogP contribution is 2.16. The van der Waals surface area contributed by atoms with Gasteiger partial charge in [-0.1, -0.05) is 5.16 Å². The molecular weight excluding hydrogens is 340 g/mol. The van der Waals surface area contributed by atoms with Crippen molar-refractivity contribution in [3.05, 3.63) is 54.4 Å². The molecule has 9 nitrogen and oxygen atoms in total. The zero-order valence-corrected chi connectivity index (χ0v) is 13.8. The van der Waals surface area contributed by atoms with Crippen molar-refractivity contribution in [2.45, 2.75) is 12.8 Å². The van der Waals surface area contributed by atoms with Gasteiger partial charge in [0.15, 0.2) is 5.76 Å². The summed E-state index contributed by atoms with van der Waals surface area (Å²) in [6, 6.07) is 6.63. The third-order valence-electron chi connectivity index (χ3n) is 3.35. The average Bonchev–Trinajstić information content (AvgIpc) is 3.35. The maximum absolute atomic E-state index is 11.8. The first-order valence-corrected chi connectivity index (χ1v) is 7.92. The van der Waals surface area contributed by atoms with Crippen molar-refractivity contribution in [2.24, 2.45) is 0 Å². The van der Waals surface area contributed by atoms with Crippen LogP contribution in [0.4, 0.5) is 0 Å². The van der Waals surface area contributed by atoms with Crippen LogP contribution in [0.25, 0.3) is 11.6 Å². The number of hydrogen-bond donors (Lipinski definition) is 1. The van der Waals surface area contributed by atoms with E-state index >= 15 is 0 Å². The minimum atomic E-state index is -0.416. The SMILES string of the molecule is O=C(CCc1nc(-c2ccco2)no1)OCCNC(=O)c1ccncc1. The highest BCUT2D eigenvalue weighted by molar-refractivity contribution is 5.93. The van der Waals surface area contributed by atoms with Gasteiger partial charge < -0.3 is 19.0 Å². The number of aromatic nitrogens is 3. The maximum Gasteiger partial charge on any atom is 0.306 e. The van der Waals surface area contributed by atoms with Gasteiger partial charge in [0.05, 0.1) is 19.2 Å². The van der Waals surface area contributed by atoms with E-state index in [-0.39, 0.29) is 31.9 Å². The van der Waals surface area contributed by atoms with Crippen LogP contribution in [0.15, 0.2) is 51.9 Å². The predicted octanol–water partition coefficient (Wildman–Crippen LogP) is 1.63. The van der Waals surface area contributed by atoms with Crippen LogP contribution in [0.3, 0.4) is 0 Å². The molecule has 0 atom stereocenters. The lowest BCUT2D eigenvalue weighted by molar-refractivity contribution is -0.143. The van der Waals surface area contributed by atoms with Gasteiger partial charge in [-0.2, -0.15) is 4.98 Å². The molecule has 0 bridgehead atoms. The minimum Gasteiger partial charge on any atom is -0.464 e. The number of nitrogens with one attached hydrogen (secondary N) is 1. The molecule has 0 radical (unpaired) electrons. The molecule has 3 heterocycles. The average molecular weight is 356 g/mol. The lowest BCUT2D eigenvalue weighted by atomic mass is 10.2. The Morgan fingerprint density at radius 2 is 2.04 bits per heavy atom. The molecule has 0 aliphatic heterocycles. The van der Waals surface area contributed by atoms with E-state index in [9.17, 15) is 9.59 Å². The van der Waals surface area contributed by atoms with Crippen LogP contribution in [0.5, 0.6) is 0 Å². The molecule has 134 valence electrons. The fourth-order valence-electron chi connectivity index (χ4n) is 2.08. The molecule has 1 amide bonds. The van der Waals surface area contributed by atoms with Gasteiger partial charge in [0.1, 0.15) is 6.61 Å². The van der Waals surface area contributed by atoms with E-state index in [2.05, 4.69) is 20.4 Å². The minimum absolute atomic E-state index is 0.0805. The summed E-state index contributed by atoms with van der Waals surface area (Å²) in [5.74, 6) is 0.477. The van der Waals surface area contributed by atoms with Gasteiger partial charge in [0.25, 0.3) is 5.91 Å². The van der Waals surface area contributed by atoms with E-state index < -0.39 is 5.97 Å². The van der Waals surface area contributed by atoms with Gasteiger partial charge in [-0.3, -0.25) is 14.6 Å². The normalized spacial score (nSPS) is 10.5. The van der Waals surface area contributed by atoms with Crippen LogP contribution in [-0.2, 0) is 16.0 Å². The highest BCUT2D eigenvalue weighted by atomic mass is 16.5. The van der Waals surface area contributed by atoms with Crippen molar-refractivity contribution in [1.82, 2.24) is 20.4 Å². The van der Waals surface area contributed by atoms with Gasteiger partial charge in [0.2, 0.25) is 11.7 Å². The van der Waals surface area contributed by atoms with Crippen LogP contribution in [-0.4, -0.2) is 40.2 Å². The second-order valence-corrected chi connectivity index (χ2v) is 5.20. The molecule has 3 aromatic rings. The van der Waals surface area contributed by atoms with Crippen LogP contribution >= 0.6 is 0 Å². The van der Waals surface area contributed by atoms with Crippen LogP contribution < -0.4 is 5.32 Å². The number of hydrogen-bond acceptors (Lipinski definition) is 8. The van der Waals surface area contributed by atoms with E-state index in [1.165, 1.54) is 18.7 Å². The van der Waals surface area contributed by atoms with Crippen molar-refractivity contribution >= 4 is 11.9 Å². The summed E-state index contributed by atoms with van der Waals surface area (Å²) in [6.45, 7) is 0.299. The number of amides is 1. The molecule has 3 aromatic heterocycles. The summed E-state index contributed by atoms with van der Waals surface area (Å²) in [5.41, 5.74) is 0.495. The third-order valence-corrected chi connectivity index (χ3v) is 3.35. The van der Waals surface area contributed by atoms with Crippen molar-refractivity contribution in [1.29, 1.82) is 0 Å². The Morgan fingerprint density at radius 3 is 2.81 bits per heavy atom. The molecular formula is C17H16N4O5. The van der Waals surface area contributed by atoms with Gasteiger partial charge in [0, 0.05) is 24.4 Å². The Morgan fingerprint density at radius 1 is 1.19 bits per heavy atom. The largest absolute Gasteiger partial charge is 0.464 e. The lowest BCUT2D eigenvalue weighted by Crippen LogP contribution is -2.28. The molecule has 0 aliphatic rings. The Labute approximate surface area is 148 Å². The number of aryl methyl sites for hydroxylation is 1. The summed E-state index contributed by atoms with van der Waals surface area (Å²) in [7, 11) is 0. The number of nitrogens with zero attached hydrogens (tertiary/aromatic N) is 3. The highest BCUT2D eigenvalue weighted by Gasteiger charge is 2.13. The lowest BCUT2D eigenvalue weighted by Gasteiger charge is -2.06. The number of carbonyl (C=O) groups excluding carboxylic acids is 2. The summed E-state index contributed by atoms with van der Waals surface area (Å²) in [5, 5.41) is 6.43. The fourth-order valence-corrected chi connectivity index (χ4v) is 2.08. The Bertz CT molecular complexity index is 845. The molecule has 26 heavy (non-hydrogen) atoms. The summed E-state index contributed by atoms with van der Waals surface area (Å²) in [4.78, 5) is 31.5. The number of furan rings is 1. The number of rotatable bonds is 8. The van der Waals surface area contributed by atoms with Crippen molar-refractivity contribution in [3.8, 4) is 11.6 Å². The molecule has 0 aliphatic carbocycles. The second-order valence-electron chi connectivity index (χ2n) is 5.20. The van der Waals surface area contributed by atoms with E-state index in [1.807, 2.05) is 0 Å². The standard InChI is InChI=1S/C17H16N4O5/c22-15(25-11-9-19-17(23)12-5-7-18-8-6-12)4-3-14-20-16(21-26-14)13-2-1-10-24-13/h1-2,5-8,10H,3-4,9,11H2,(H,19,23). The number of ether oxygens (including phenoxy) is 1. The zero-order chi connectivity index (χ0) is 18.2. The van der Waals surface area contributed by atoms with Gasteiger partial charge >= 0.3 is 5.97 Å². The van der Waals surface area contributed by atoms with Gasteiger partial charge in [-0.25, -0.2) is 0 Å². The molecule has 0 unspecified atom stereocenters. The van der Waals surface area contributed by atoms with Crippen molar-refractivity contribution < 1.29 is 23.3 Å². The van der Waals surface area contributed by atoms with Gasteiger partial charge in [-0.05, 0) is 24.3 Å². The summed E-state index contributed by atoms with van der Waals surface area (Å²) >= 11 is 0.